The van der Waals surface area contributed by atoms with Gasteiger partial charge in [-0.2, -0.15) is 0 Å². The summed E-state index contributed by atoms with van der Waals surface area (Å²) in [7, 11) is 1.75. The Bertz CT molecular complexity index is 846. The van der Waals surface area contributed by atoms with Crippen molar-refractivity contribution in [2.45, 2.75) is 24.8 Å². The van der Waals surface area contributed by atoms with Crippen molar-refractivity contribution in [3.63, 3.8) is 0 Å². The molecule has 0 saturated carbocycles. The fraction of sp³-hybridized carbons (Fsp3) is 0.375. The summed E-state index contributed by atoms with van der Waals surface area (Å²) < 4.78 is 24.7. The van der Waals surface area contributed by atoms with E-state index in [1.165, 1.54) is 12.1 Å². The van der Waals surface area contributed by atoms with Crippen molar-refractivity contribution in [1.82, 2.24) is 10.6 Å². The molecule has 2 aromatic rings. The number of para-hydroxylation sites is 1. The normalized spacial score (nSPS) is 16.0. The predicted molar refractivity (Wildman–Crippen MR) is 118 cm³/mol. The summed E-state index contributed by atoms with van der Waals surface area (Å²) in [5.41, 5.74) is 2.05. The first-order valence-corrected chi connectivity index (χ1v) is 10.3. The zero-order chi connectivity index (χ0) is 21.2. The highest BCUT2D eigenvalue weighted by Crippen LogP contribution is 2.34. The first-order chi connectivity index (χ1) is 14.7. The number of hydrogen-bond acceptors (Lipinski definition) is 3. The minimum atomic E-state index is -0.219. The molecule has 0 aliphatic carbocycles. The van der Waals surface area contributed by atoms with E-state index in [1.807, 2.05) is 36.4 Å². The first kappa shape index (κ1) is 21.8. The third-order valence-electron chi connectivity index (χ3n) is 5.50. The van der Waals surface area contributed by atoms with Gasteiger partial charge in [0.2, 0.25) is 0 Å². The lowest BCUT2D eigenvalue weighted by Gasteiger charge is -2.38. The third kappa shape index (κ3) is 5.60. The Morgan fingerprint density at radius 1 is 1.17 bits per heavy atom. The van der Waals surface area contributed by atoms with E-state index in [0.29, 0.717) is 38.9 Å². The summed E-state index contributed by atoms with van der Waals surface area (Å²) >= 11 is 0. The molecular weight excluding hydrogens is 381 g/mol. The standard InChI is InChI=1S/C24H30FN3O2/c1-3-14-30-22-7-5-4-6-19(22)17-27-23(26-2)28-18-24(12-15-29-16-13-24)20-8-10-21(25)11-9-20/h3-11H,1,12-18H2,2H3,(H2,26,27,28). The molecule has 0 aromatic heterocycles. The van der Waals surface area contributed by atoms with Gasteiger partial charge in [-0.3, -0.25) is 4.99 Å². The van der Waals surface area contributed by atoms with Crippen LogP contribution in [0.25, 0.3) is 0 Å². The fourth-order valence-corrected chi connectivity index (χ4v) is 3.72. The molecule has 0 amide bonds. The number of hydrogen-bond donors (Lipinski definition) is 2. The van der Waals surface area contributed by atoms with Gasteiger partial charge >= 0.3 is 0 Å². The van der Waals surface area contributed by atoms with Gasteiger partial charge < -0.3 is 20.1 Å². The van der Waals surface area contributed by atoms with Gasteiger partial charge in [0.15, 0.2) is 5.96 Å². The largest absolute Gasteiger partial charge is 0.489 e. The van der Waals surface area contributed by atoms with E-state index in [1.54, 1.807) is 13.1 Å². The van der Waals surface area contributed by atoms with E-state index in [2.05, 4.69) is 22.2 Å². The highest BCUT2D eigenvalue weighted by Gasteiger charge is 2.34. The van der Waals surface area contributed by atoms with Crippen LogP contribution in [0.4, 0.5) is 4.39 Å². The van der Waals surface area contributed by atoms with Crippen LogP contribution in [0.3, 0.4) is 0 Å². The Balaban J connectivity index is 1.65. The maximum atomic E-state index is 13.4. The molecule has 3 rings (SSSR count). The molecule has 0 bridgehead atoms. The first-order valence-electron chi connectivity index (χ1n) is 10.3. The van der Waals surface area contributed by atoms with Gasteiger partial charge in [0, 0.05) is 44.3 Å². The second kappa shape index (κ2) is 10.8. The molecule has 1 aliphatic rings. The summed E-state index contributed by atoms with van der Waals surface area (Å²) in [6.45, 7) is 6.82. The number of rotatable bonds is 8. The van der Waals surface area contributed by atoms with Crippen molar-refractivity contribution in [1.29, 1.82) is 0 Å². The average molecular weight is 412 g/mol. The average Bonchev–Trinajstić information content (AvgIpc) is 2.79. The van der Waals surface area contributed by atoms with Crippen molar-refractivity contribution in [2.75, 3.05) is 33.4 Å². The number of halogens is 1. The summed E-state index contributed by atoms with van der Waals surface area (Å²) in [5.74, 6) is 1.32. The second-order valence-electron chi connectivity index (χ2n) is 7.39. The number of guanidine groups is 1. The molecule has 1 aliphatic heterocycles. The number of nitrogens with zero attached hydrogens (tertiary/aromatic N) is 1. The monoisotopic (exact) mass is 411 g/mol. The molecule has 5 nitrogen and oxygen atoms in total. The molecule has 1 saturated heterocycles. The highest BCUT2D eigenvalue weighted by molar-refractivity contribution is 5.79. The minimum absolute atomic E-state index is 0.117. The third-order valence-corrected chi connectivity index (χ3v) is 5.50. The van der Waals surface area contributed by atoms with Crippen LogP contribution in [-0.4, -0.2) is 39.4 Å². The summed E-state index contributed by atoms with van der Waals surface area (Å²) in [6, 6.07) is 14.7. The Morgan fingerprint density at radius 2 is 1.90 bits per heavy atom. The molecule has 0 atom stereocenters. The molecule has 0 radical (unpaired) electrons. The summed E-state index contributed by atoms with van der Waals surface area (Å²) in [6.07, 6.45) is 3.48. The zero-order valence-electron chi connectivity index (χ0n) is 17.5. The van der Waals surface area contributed by atoms with Gasteiger partial charge in [-0.25, -0.2) is 4.39 Å². The van der Waals surface area contributed by atoms with E-state index in [9.17, 15) is 4.39 Å². The lowest BCUT2D eigenvalue weighted by Crippen LogP contribution is -2.47. The van der Waals surface area contributed by atoms with Gasteiger partial charge in [0.25, 0.3) is 0 Å². The van der Waals surface area contributed by atoms with Crippen LogP contribution in [0.5, 0.6) is 5.75 Å². The summed E-state index contributed by atoms with van der Waals surface area (Å²) in [5, 5.41) is 6.82. The number of ether oxygens (including phenoxy) is 2. The molecule has 1 fully saturated rings. The van der Waals surface area contributed by atoms with Crippen LogP contribution in [0.15, 0.2) is 66.2 Å². The lowest BCUT2D eigenvalue weighted by molar-refractivity contribution is 0.0513. The Morgan fingerprint density at radius 3 is 2.60 bits per heavy atom. The van der Waals surface area contributed by atoms with E-state index < -0.39 is 0 Å². The highest BCUT2D eigenvalue weighted by atomic mass is 19.1. The van der Waals surface area contributed by atoms with Gasteiger partial charge in [-0.1, -0.05) is 43.0 Å². The molecule has 30 heavy (non-hydrogen) atoms. The maximum Gasteiger partial charge on any atom is 0.191 e. The molecule has 0 unspecified atom stereocenters. The smallest absolute Gasteiger partial charge is 0.191 e. The van der Waals surface area contributed by atoms with Crippen LogP contribution >= 0.6 is 0 Å². The van der Waals surface area contributed by atoms with Crippen molar-refractivity contribution in [3.8, 4) is 5.75 Å². The van der Waals surface area contributed by atoms with Crippen molar-refractivity contribution in [3.05, 3.63) is 78.1 Å². The number of nitrogens with one attached hydrogen (secondary N) is 2. The van der Waals surface area contributed by atoms with Crippen LogP contribution < -0.4 is 15.4 Å². The van der Waals surface area contributed by atoms with Crippen LogP contribution in [0, 0.1) is 5.82 Å². The Kier molecular flexibility index (Phi) is 7.85. The molecule has 1 heterocycles. The van der Waals surface area contributed by atoms with Crippen LogP contribution in [-0.2, 0) is 16.7 Å². The van der Waals surface area contributed by atoms with E-state index in [4.69, 9.17) is 9.47 Å². The zero-order valence-corrected chi connectivity index (χ0v) is 17.5. The van der Waals surface area contributed by atoms with Gasteiger partial charge in [-0.05, 0) is 36.6 Å². The molecule has 2 N–H and O–H groups in total. The summed E-state index contributed by atoms with van der Waals surface area (Å²) in [4.78, 5) is 4.36. The minimum Gasteiger partial charge on any atom is -0.489 e. The van der Waals surface area contributed by atoms with Crippen LogP contribution in [0.2, 0.25) is 0 Å². The van der Waals surface area contributed by atoms with E-state index in [0.717, 1.165) is 29.7 Å². The fourth-order valence-electron chi connectivity index (χ4n) is 3.72. The van der Waals surface area contributed by atoms with Gasteiger partial charge in [-0.15, -0.1) is 0 Å². The molecular formula is C24H30FN3O2. The predicted octanol–water partition coefficient (Wildman–Crippen LogP) is 3.80. The topological polar surface area (TPSA) is 54.9 Å². The van der Waals surface area contributed by atoms with Crippen molar-refractivity contribution in [2.24, 2.45) is 4.99 Å². The molecule has 0 spiro atoms. The Labute approximate surface area is 178 Å². The second-order valence-corrected chi connectivity index (χ2v) is 7.39. The SMILES string of the molecule is C=CCOc1ccccc1CNC(=NC)NCC1(c2ccc(F)cc2)CCOCC1. The van der Waals surface area contributed by atoms with Crippen LogP contribution in [0.1, 0.15) is 24.0 Å². The van der Waals surface area contributed by atoms with E-state index >= 15 is 0 Å². The van der Waals surface area contributed by atoms with Gasteiger partial charge in [0.05, 0.1) is 0 Å². The number of benzene rings is 2. The Hall–Kier alpha value is -2.86. The van der Waals surface area contributed by atoms with E-state index in [-0.39, 0.29) is 11.2 Å². The van der Waals surface area contributed by atoms with Crippen molar-refractivity contribution < 1.29 is 13.9 Å². The molecule has 2 aromatic carbocycles. The molecule has 160 valence electrons. The van der Waals surface area contributed by atoms with Crippen molar-refractivity contribution >= 4 is 5.96 Å². The number of aliphatic imine (C=N–C) groups is 1. The quantitative estimate of drug-likeness (QED) is 0.394. The maximum absolute atomic E-state index is 13.4. The van der Waals surface area contributed by atoms with Gasteiger partial charge in [0.1, 0.15) is 18.2 Å². The molecule has 6 heteroatoms. The lowest BCUT2D eigenvalue weighted by atomic mass is 9.74.